The molecule has 142 valence electrons. The Morgan fingerprint density at radius 3 is 2.52 bits per heavy atom. The molecule has 4 heteroatoms. The highest BCUT2D eigenvalue weighted by molar-refractivity contribution is 6.09. The van der Waals surface area contributed by atoms with Crippen molar-refractivity contribution in [3.05, 3.63) is 59.8 Å². The average molecular weight is 363 g/mol. The van der Waals surface area contributed by atoms with Crippen molar-refractivity contribution in [1.29, 1.82) is 0 Å². The molecule has 0 bridgehead atoms. The molecule has 2 fully saturated rings. The Labute approximate surface area is 162 Å². The Balaban J connectivity index is 1.43. The SMILES string of the molecule is C/C=C(\CN1CCN(C2CCC2)CC1)N=C(N)c1cccc2ccccc12. The number of aliphatic imine (C=N–C) groups is 1. The molecule has 0 radical (unpaired) electrons. The Morgan fingerprint density at radius 1 is 1.07 bits per heavy atom. The van der Waals surface area contributed by atoms with Gasteiger partial charge in [-0.15, -0.1) is 0 Å². The minimum atomic E-state index is 0.605. The zero-order chi connectivity index (χ0) is 18.6. The van der Waals surface area contributed by atoms with E-state index in [2.05, 4.69) is 65.3 Å². The summed E-state index contributed by atoms with van der Waals surface area (Å²) in [5.74, 6) is 0.605. The second kappa shape index (κ2) is 8.24. The maximum atomic E-state index is 6.41. The number of allylic oxidation sites excluding steroid dienone is 1. The number of nitrogens with two attached hydrogens (primary N) is 1. The van der Waals surface area contributed by atoms with Crippen molar-refractivity contribution in [1.82, 2.24) is 9.80 Å². The zero-order valence-corrected chi connectivity index (χ0v) is 16.3. The second-order valence-electron chi connectivity index (χ2n) is 7.70. The summed E-state index contributed by atoms with van der Waals surface area (Å²) in [5, 5.41) is 2.35. The smallest absolute Gasteiger partial charge is 0.131 e. The van der Waals surface area contributed by atoms with E-state index in [1.165, 1.54) is 37.7 Å². The Kier molecular flexibility index (Phi) is 5.55. The Bertz CT molecular complexity index is 837. The highest BCUT2D eigenvalue weighted by Gasteiger charge is 2.27. The molecule has 1 aliphatic carbocycles. The van der Waals surface area contributed by atoms with Crippen LogP contribution in [0.1, 0.15) is 31.7 Å². The molecule has 2 aromatic carbocycles. The van der Waals surface area contributed by atoms with Crippen molar-refractivity contribution in [3.8, 4) is 0 Å². The van der Waals surface area contributed by atoms with Crippen LogP contribution in [-0.2, 0) is 0 Å². The molecule has 0 atom stereocenters. The number of hydrogen-bond donors (Lipinski definition) is 1. The highest BCUT2D eigenvalue weighted by Crippen LogP contribution is 2.25. The van der Waals surface area contributed by atoms with E-state index in [4.69, 9.17) is 10.7 Å². The molecule has 0 aromatic heterocycles. The molecule has 2 aliphatic rings. The molecular formula is C23H30N4. The van der Waals surface area contributed by atoms with Gasteiger partial charge in [0.25, 0.3) is 0 Å². The van der Waals surface area contributed by atoms with E-state index in [9.17, 15) is 0 Å². The van der Waals surface area contributed by atoms with Crippen LogP contribution in [0, 0.1) is 0 Å². The van der Waals surface area contributed by atoms with Crippen molar-refractivity contribution in [2.24, 2.45) is 10.7 Å². The number of hydrogen-bond acceptors (Lipinski definition) is 3. The molecule has 2 N–H and O–H groups in total. The monoisotopic (exact) mass is 362 g/mol. The van der Waals surface area contributed by atoms with E-state index in [-0.39, 0.29) is 0 Å². The maximum Gasteiger partial charge on any atom is 0.131 e. The van der Waals surface area contributed by atoms with Crippen LogP contribution in [0.3, 0.4) is 0 Å². The molecule has 1 heterocycles. The van der Waals surface area contributed by atoms with Crippen LogP contribution >= 0.6 is 0 Å². The third-order valence-corrected chi connectivity index (χ3v) is 6.05. The predicted octanol–water partition coefficient (Wildman–Crippen LogP) is 3.62. The first-order valence-electron chi connectivity index (χ1n) is 10.2. The van der Waals surface area contributed by atoms with Gasteiger partial charge < -0.3 is 5.73 Å². The lowest BCUT2D eigenvalue weighted by Gasteiger charge is -2.43. The van der Waals surface area contributed by atoms with Gasteiger partial charge >= 0.3 is 0 Å². The van der Waals surface area contributed by atoms with Crippen LogP contribution in [0.15, 0.2) is 59.2 Å². The standard InChI is InChI=1S/C23H30N4/c1-2-19(17-26-13-15-27(16-14-26)20-9-6-10-20)25-23(24)22-12-5-8-18-7-3-4-11-21(18)22/h2-5,7-8,11-12,20H,6,9-10,13-17H2,1H3,(H2,24,25)/b19-2+. The minimum Gasteiger partial charge on any atom is -0.383 e. The topological polar surface area (TPSA) is 44.9 Å². The summed E-state index contributed by atoms with van der Waals surface area (Å²) in [6, 6.07) is 15.4. The van der Waals surface area contributed by atoms with Gasteiger partial charge in [-0.2, -0.15) is 0 Å². The number of rotatable bonds is 5. The lowest BCUT2D eigenvalue weighted by atomic mass is 9.91. The second-order valence-corrected chi connectivity index (χ2v) is 7.70. The first-order chi connectivity index (χ1) is 13.2. The van der Waals surface area contributed by atoms with Crippen LogP contribution < -0.4 is 5.73 Å². The van der Waals surface area contributed by atoms with Gasteiger partial charge in [0.05, 0.1) is 5.70 Å². The fourth-order valence-corrected chi connectivity index (χ4v) is 4.12. The molecule has 27 heavy (non-hydrogen) atoms. The molecule has 1 saturated heterocycles. The molecule has 0 spiro atoms. The van der Waals surface area contributed by atoms with Crippen molar-refractivity contribution in [3.63, 3.8) is 0 Å². The van der Waals surface area contributed by atoms with Crippen molar-refractivity contribution >= 4 is 16.6 Å². The molecule has 4 nitrogen and oxygen atoms in total. The first-order valence-corrected chi connectivity index (χ1v) is 10.2. The van der Waals surface area contributed by atoms with Crippen molar-refractivity contribution in [2.45, 2.75) is 32.2 Å². The minimum absolute atomic E-state index is 0.605. The number of benzene rings is 2. The van der Waals surface area contributed by atoms with Gasteiger partial charge in [-0.25, -0.2) is 4.99 Å². The zero-order valence-electron chi connectivity index (χ0n) is 16.3. The summed E-state index contributed by atoms with van der Waals surface area (Å²) in [6.07, 6.45) is 6.30. The van der Waals surface area contributed by atoms with E-state index in [0.717, 1.165) is 42.3 Å². The van der Waals surface area contributed by atoms with Gasteiger partial charge in [0, 0.05) is 44.3 Å². The summed E-state index contributed by atoms with van der Waals surface area (Å²) in [7, 11) is 0. The lowest BCUT2D eigenvalue weighted by Crippen LogP contribution is -2.52. The Hall–Kier alpha value is -2.17. The van der Waals surface area contributed by atoms with Crippen LogP contribution in [0.25, 0.3) is 10.8 Å². The predicted molar refractivity (Wildman–Crippen MR) is 114 cm³/mol. The molecule has 0 amide bonds. The molecule has 1 saturated carbocycles. The summed E-state index contributed by atoms with van der Waals surface area (Å²) in [6.45, 7) is 7.55. The fraction of sp³-hybridized carbons (Fsp3) is 0.435. The molecule has 1 aliphatic heterocycles. The van der Waals surface area contributed by atoms with Crippen molar-refractivity contribution < 1.29 is 0 Å². The third kappa shape index (κ3) is 4.07. The van der Waals surface area contributed by atoms with Gasteiger partial charge in [0.2, 0.25) is 0 Å². The van der Waals surface area contributed by atoms with Gasteiger partial charge in [-0.05, 0) is 30.5 Å². The third-order valence-electron chi connectivity index (χ3n) is 6.05. The van der Waals surface area contributed by atoms with Gasteiger partial charge in [-0.3, -0.25) is 9.80 Å². The molecule has 2 aromatic rings. The number of fused-ring (bicyclic) bond motifs is 1. The normalized spacial score (nSPS) is 20.8. The summed E-state index contributed by atoms with van der Waals surface area (Å²) >= 11 is 0. The summed E-state index contributed by atoms with van der Waals surface area (Å²) in [4.78, 5) is 9.97. The lowest BCUT2D eigenvalue weighted by molar-refractivity contribution is 0.0654. The van der Waals surface area contributed by atoms with Crippen LogP contribution in [-0.4, -0.2) is 54.4 Å². The molecule has 4 rings (SSSR count). The first kappa shape index (κ1) is 18.2. The van der Waals surface area contributed by atoms with Crippen molar-refractivity contribution in [2.75, 3.05) is 32.7 Å². The van der Waals surface area contributed by atoms with Crippen LogP contribution in [0.2, 0.25) is 0 Å². The number of nitrogens with zero attached hydrogens (tertiary/aromatic N) is 3. The fourth-order valence-electron chi connectivity index (χ4n) is 4.12. The van der Waals surface area contributed by atoms with Crippen LogP contribution in [0.4, 0.5) is 0 Å². The molecular weight excluding hydrogens is 332 g/mol. The van der Waals surface area contributed by atoms with E-state index in [1.807, 2.05) is 0 Å². The Morgan fingerprint density at radius 2 is 1.81 bits per heavy atom. The van der Waals surface area contributed by atoms with E-state index in [1.54, 1.807) is 0 Å². The molecule has 0 unspecified atom stereocenters. The quantitative estimate of drug-likeness (QED) is 0.653. The van der Waals surface area contributed by atoms with E-state index < -0.39 is 0 Å². The maximum absolute atomic E-state index is 6.41. The number of amidine groups is 1. The van der Waals surface area contributed by atoms with Crippen LogP contribution in [0.5, 0.6) is 0 Å². The summed E-state index contributed by atoms with van der Waals surface area (Å²) < 4.78 is 0. The van der Waals surface area contributed by atoms with E-state index in [0.29, 0.717) is 5.84 Å². The average Bonchev–Trinajstić information content (AvgIpc) is 2.67. The van der Waals surface area contributed by atoms with E-state index >= 15 is 0 Å². The van der Waals surface area contributed by atoms with Gasteiger partial charge in [0.1, 0.15) is 5.84 Å². The van der Waals surface area contributed by atoms with Gasteiger partial charge in [0.15, 0.2) is 0 Å². The summed E-state index contributed by atoms with van der Waals surface area (Å²) in [5.41, 5.74) is 8.48. The van der Waals surface area contributed by atoms with Gasteiger partial charge in [-0.1, -0.05) is 55.0 Å². The number of piperazine rings is 1. The largest absolute Gasteiger partial charge is 0.383 e. The highest BCUT2D eigenvalue weighted by atomic mass is 15.3.